The molecule has 0 aliphatic carbocycles. The topological polar surface area (TPSA) is 61.8 Å². The van der Waals surface area contributed by atoms with Crippen molar-refractivity contribution in [3.8, 4) is 0 Å². The fourth-order valence-electron chi connectivity index (χ4n) is 2.27. The number of thiazole rings is 1. The highest BCUT2D eigenvalue weighted by molar-refractivity contribution is 14.0. The Kier molecular flexibility index (Phi) is 9.73. The van der Waals surface area contributed by atoms with Crippen molar-refractivity contribution in [2.24, 2.45) is 4.99 Å². The van der Waals surface area contributed by atoms with Gasteiger partial charge in [-0.25, -0.2) is 4.98 Å². The van der Waals surface area contributed by atoms with Gasteiger partial charge in [-0.05, 0) is 12.8 Å². The second kappa shape index (κ2) is 11.0. The van der Waals surface area contributed by atoms with Crippen molar-refractivity contribution in [2.45, 2.75) is 19.3 Å². The minimum atomic E-state index is 0. The predicted molar refractivity (Wildman–Crippen MR) is 104 cm³/mol. The molecule has 1 aliphatic rings. The third-order valence-corrected chi connectivity index (χ3v) is 4.36. The number of hydrogen-bond donors (Lipinski definition) is 2. The number of anilines is 1. The smallest absolute Gasteiger partial charge is 0.191 e. The minimum Gasteiger partial charge on any atom is -0.383 e. The lowest BCUT2D eigenvalue weighted by molar-refractivity contribution is 0.203. The average molecular weight is 439 g/mol. The molecular weight excluding hydrogens is 413 g/mol. The van der Waals surface area contributed by atoms with Gasteiger partial charge in [0, 0.05) is 52.1 Å². The number of halogens is 1. The van der Waals surface area contributed by atoms with Crippen molar-refractivity contribution in [3.05, 3.63) is 11.1 Å². The van der Waals surface area contributed by atoms with E-state index in [2.05, 4.69) is 25.9 Å². The first-order chi connectivity index (χ1) is 10.3. The fraction of sp³-hybridized carbons (Fsp3) is 0.714. The minimum absolute atomic E-state index is 0. The van der Waals surface area contributed by atoms with E-state index in [1.165, 1.54) is 18.0 Å². The molecule has 0 bridgehead atoms. The van der Waals surface area contributed by atoms with Gasteiger partial charge in [0.1, 0.15) is 0 Å². The van der Waals surface area contributed by atoms with E-state index in [0.29, 0.717) is 6.61 Å². The molecule has 2 N–H and O–H groups in total. The highest BCUT2D eigenvalue weighted by Crippen LogP contribution is 2.24. The number of nitrogens with one attached hydrogen (secondary N) is 2. The van der Waals surface area contributed by atoms with Gasteiger partial charge in [0.15, 0.2) is 11.1 Å². The van der Waals surface area contributed by atoms with E-state index < -0.39 is 0 Å². The van der Waals surface area contributed by atoms with Crippen LogP contribution in [0.4, 0.5) is 5.13 Å². The lowest BCUT2D eigenvalue weighted by atomic mass is 10.3. The maximum absolute atomic E-state index is 5.00. The highest BCUT2D eigenvalue weighted by Gasteiger charge is 2.15. The third kappa shape index (κ3) is 6.25. The van der Waals surface area contributed by atoms with Crippen LogP contribution in [-0.2, 0) is 11.2 Å². The normalized spacial score (nSPS) is 14.8. The van der Waals surface area contributed by atoms with Gasteiger partial charge in [-0.15, -0.1) is 35.3 Å². The van der Waals surface area contributed by atoms with Gasteiger partial charge in [0.05, 0.1) is 12.3 Å². The summed E-state index contributed by atoms with van der Waals surface area (Å²) in [6.07, 6.45) is 3.50. The summed E-state index contributed by atoms with van der Waals surface area (Å²) in [7, 11) is 3.47. The number of hydrogen-bond acceptors (Lipinski definition) is 5. The summed E-state index contributed by atoms with van der Waals surface area (Å²) < 4.78 is 5.00. The first kappa shape index (κ1) is 19.4. The quantitative estimate of drug-likeness (QED) is 0.293. The van der Waals surface area contributed by atoms with Crippen LogP contribution in [0.2, 0.25) is 0 Å². The number of nitrogens with zero attached hydrogens (tertiary/aromatic N) is 3. The van der Waals surface area contributed by atoms with Crippen molar-refractivity contribution in [2.75, 3.05) is 51.8 Å². The zero-order valence-electron chi connectivity index (χ0n) is 13.3. The summed E-state index contributed by atoms with van der Waals surface area (Å²) >= 11 is 1.75. The lowest BCUT2D eigenvalue weighted by Gasteiger charge is -2.12. The molecule has 22 heavy (non-hydrogen) atoms. The maximum Gasteiger partial charge on any atom is 0.191 e. The van der Waals surface area contributed by atoms with Crippen LogP contribution >= 0.6 is 35.3 Å². The van der Waals surface area contributed by atoms with Gasteiger partial charge < -0.3 is 20.3 Å². The zero-order valence-corrected chi connectivity index (χ0v) is 16.4. The Hall–Kier alpha value is -0.610. The first-order valence-corrected chi connectivity index (χ1v) is 8.34. The highest BCUT2D eigenvalue weighted by atomic mass is 127. The Bertz CT molecular complexity index is 448. The molecule has 0 atom stereocenters. The van der Waals surface area contributed by atoms with Gasteiger partial charge in [-0.1, -0.05) is 0 Å². The van der Waals surface area contributed by atoms with Crippen LogP contribution < -0.4 is 15.5 Å². The van der Waals surface area contributed by atoms with Crippen LogP contribution in [0.25, 0.3) is 0 Å². The number of rotatable bonds is 7. The van der Waals surface area contributed by atoms with Crippen molar-refractivity contribution in [3.63, 3.8) is 0 Å². The second-order valence-corrected chi connectivity index (χ2v) is 5.82. The summed E-state index contributed by atoms with van der Waals surface area (Å²) in [5.41, 5.74) is 1.15. The van der Waals surface area contributed by atoms with Gasteiger partial charge in [0.2, 0.25) is 0 Å². The standard InChI is InChI=1S/C14H25N5OS.HI/c1-15-13(17-7-10-20-2)16-6-5-12-11-21-14(18-12)19-8-3-4-9-19;/h11H,3-10H2,1-2H3,(H2,15,16,17);1H. The molecule has 1 aromatic heterocycles. The summed E-state index contributed by atoms with van der Waals surface area (Å²) in [5.74, 6) is 0.807. The molecule has 0 spiro atoms. The van der Waals surface area contributed by atoms with Crippen molar-refractivity contribution in [1.29, 1.82) is 0 Å². The Morgan fingerprint density at radius 3 is 2.77 bits per heavy atom. The van der Waals surface area contributed by atoms with E-state index in [1.54, 1.807) is 25.5 Å². The van der Waals surface area contributed by atoms with Crippen LogP contribution in [0, 0.1) is 0 Å². The van der Waals surface area contributed by atoms with Crippen molar-refractivity contribution < 1.29 is 4.74 Å². The fourth-order valence-corrected chi connectivity index (χ4v) is 3.18. The van der Waals surface area contributed by atoms with E-state index in [9.17, 15) is 0 Å². The number of aliphatic imine (C=N–C) groups is 1. The molecule has 1 fully saturated rings. The molecular formula is C14H26IN5OS. The first-order valence-electron chi connectivity index (χ1n) is 7.46. The molecule has 126 valence electrons. The zero-order chi connectivity index (χ0) is 14.9. The number of guanidine groups is 1. The molecule has 0 saturated carbocycles. The largest absolute Gasteiger partial charge is 0.383 e. The molecule has 0 radical (unpaired) electrons. The number of ether oxygens (including phenoxy) is 1. The van der Waals surface area contributed by atoms with E-state index >= 15 is 0 Å². The molecule has 1 aromatic rings. The SMILES string of the molecule is CN=C(NCCOC)NCCc1csc(N2CCCC2)n1.I. The predicted octanol–water partition coefficient (Wildman–Crippen LogP) is 1.72. The molecule has 1 aliphatic heterocycles. The average Bonchev–Trinajstić information content (AvgIpc) is 3.16. The Balaban J connectivity index is 0.00000242. The lowest BCUT2D eigenvalue weighted by Crippen LogP contribution is -2.39. The maximum atomic E-state index is 5.00. The summed E-state index contributed by atoms with van der Waals surface area (Å²) in [6.45, 7) is 4.57. The van der Waals surface area contributed by atoms with Crippen LogP contribution in [0.3, 0.4) is 0 Å². The molecule has 2 rings (SSSR count). The second-order valence-electron chi connectivity index (χ2n) is 4.98. The van der Waals surface area contributed by atoms with Crippen molar-refractivity contribution >= 4 is 46.4 Å². The molecule has 8 heteroatoms. The third-order valence-electron chi connectivity index (χ3n) is 3.41. The van der Waals surface area contributed by atoms with E-state index in [4.69, 9.17) is 9.72 Å². The molecule has 2 heterocycles. The Labute approximate surface area is 153 Å². The van der Waals surface area contributed by atoms with Crippen LogP contribution in [0.5, 0.6) is 0 Å². The molecule has 0 aromatic carbocycles. The van der Waals surface area contributed by atoms with Crippen LogP contribution in [0.1, 0.15) is 18.5 Å². The van der Waals surface area contributed by atoms with Gasteiger partial charge in [-0.2, -0.15) is 0 Å². The van der Waals surface area contributed by atoms with Gasteiger partial charge >= 0.3 is 0 Å². The summed E-state index contributed by atoms with van der Waals surface area (Å²) in [6, 6.07) is 0. The molecule has 0 amide bonds. The molecule has 6 nitrogen and oxygen atoms in total. The number of methoxy groups -OCH3 is 1. The van der Waals surface area contributed by atoms with Crippen LogP contribution in [0.15, 0.2) is 10.4 Å². The Morgan fingerprint density at radius 1 is 1.36 bits per heavy atom. The molecule has 0 unspecified atom stereocenters. The van der Waals surface area contributed by atoms with Crippen LogP contribution in [-0.4, -0.2) is 57.9 Å². The summed E-state index contributed by atoms with van der Waals surface area (Å²) in [5, 5.41) is 9.82. The van der Waals surface area contributed by atoms with Crippen molar-refractivity contribution in [1.82, 2.24) is 15.6 Å². The monoisotopic (exact) mass is 439 g/mol. The number of aromatic nitrogens is 1. The summed E-state index contributed by atoms with van der Waals surface area (Å²) in [4.78, 5) is 11.3. The Morgan fingerprint density at radius 2 is 2.09 bits per heavy atom. The van der Waals surface area contributed by atoms with Gasteiger partial charge in [-0.3, -0.25) is 4.99 Å². The van der Waals surface area contributed by atoms with E-state index in [-0.39, 0.29) is 24.0 Å². The van der Waals surface area contributed by atoms with E-state index in [1.807, 2.05) is 0 Å². The van der Waals surface area contributed by atoms with E-state index in [0.717, 1.165) is 44.3 Å². The molecule has 1 saturated heterocycles. The van der Waals surface area contributed by atoms with Gasteiger partial charge in [0.25, 0.3) is 0 Å².